The summed E-state index contributed by atoms with van der Waals surface area (Å²) in [6.45, 7) is 1.30. The highest BCUT2D eigenvalue weighted by molar-refractivity contribution is 7.89. The Bertz CT molecular complexity index is 894. The molecule has 5 nitrogen and oxygen atoms in total. The summed E-state index contributed by atoms with van der Waals surface area (Å²) in [4.78, 5) is 12.9. The summed E-state index contributed by atoms with van der Waals surface area (Å²) in [6, 6.07) is 10.3. The largest absolute Gasteiger partial charge is 0.416 e. The van der Waals surface area contributed by atoms with Crippen LogP contribution in [0, 0.1) is 6.92 Å². The summed E-state index contributed by atoms with van der Waals surface area (Å²) in [6.07, 6.45) is -4.66. The molecule has 0 aliphatic rings. The third-order valence-corrected chi connectivity index (χ3v) is 5.08. The number of rotatable bonds is 5. The molecule has 0 saturated heterocycles. The van der Waals surface area contributed by atoms with Crippen LogP contribution in [-0.4, -0.2) is 27.9 Å². The van der Waals surface area contributed by atoms with Crippen molar-refractivity contribution in [2.24, 2.45) is 0 Å². The van der Waals surface area contributed by atoms with E-state index < -0.39 is 39.1 Å². The van der Waals surface area contributed by atoms with Crippen molar-refractivity contribution in [2.45, 2.75) is 18.0 Å². The van der Waals surface area contributed by atoms with Gasteiger partial charge in [0, 0.05) is 12.7 Å². The molecule has 140 valence electrons. The molecule has 1 amide bonds. The van der Waals surface area contributed by atoms with Gasteiger partial charge in [-0.05, 0) is 37.3 Å². The van der Waals surface area contributed by atoms with Gasteiger partial charge >= 0.3 is 6.18 Å². The van der Waals surface area contributed by atoms with Crippen molar-refractivity contribution in [1.82, 2.24) is 4.72 Å². The van der Waals surface area contributed by atoms with Gasteiger partial charge in [-0.25, -0.2) is 13.1 Å². The number of sulfonamides is 1. The number of anilines is 1. The molecule has 0 radical (unpaired) electrons. The first-order valence-electron chi connectivity index (χ1n) is 7.51. The highest BCUT2D eigenvalue weighted by Crippen LogP contribution is 2.30. The molecule has 0 heterocycles. The van der Waals surface area contributed by atoms with Gasteiger partial charge in [-0.2, -0.15) is 13.2 Å². The number of hydrogen-bond donors (Lipinski definition) is 1. The number of hydrogen-bond acceptors (Lipinski definition) is 3. The number of halogens is 3. The molecule has 0 fully saturated rings. The Balaban J connectivity index is 2.10. The lowest BCUT2D eigenvalue weighted by atomic mass is 10.2. The molecule has 0 aromatic heterocycles. The van der Waals surface area contributed by atoms with Crippen LogP contribution in [0.3, 0.4) is 0 Å². The lowest BCUT2D eigenvalue weighted by Crippen LogP contribution is -2.38. The number of amides is 1. The highest BCUT2D eigenvalue weighted by Gasteiger charge is 2.31. The maximum atomic E-state index is 12.7. The summed E-state index contributed by atoms with van der Waals surface area (Å²) < 4.78 is 64.5. The Hall–Kier alpha value is -2.39. The number of nitrogens with one attached hydrogen (secondary N) is 1. The maximum absolute atomic E-state index is 12.7. The highest BCUT2D eigenvalue weighted by atomic mass is 32.2. The predicted octanol–water partition coefficient (Wildman–Crippen LogP) is 2.96. The average Bonchev–Trinajstić information content (AvgIpc) is 2.59. The van der Waals surface area contributed by atoms with Crippen LogP contribution in [0.15, 0.2) is 53.4 Å². The Morgan fingerprint density at radius 2 is 1.73 bits per heavy atom. The Labute approximate surface area is 149 Å². The molecule has 0 aliphatic carbocycles. The van der Waals surface area contributed by atoms with Gasteiger partial charge in [0.05, 0.1) is 17.0 Å². The molecule has 2 aromatic carbocycles. The van der Waals surface area contributed by atoms with E-state index in [2.05, 4.69) is 0 Å². The van der Waals surface area contributed by atoms with Crippen molar-refractivity contribution in [3.8, 4) is 0 Å². The lowest BCUT2D eigenvalue weighted by molar-refractivity contribution is -0.137. The topological polar surface area (TPSA) is 66.5 Å². The van der Waals surface area contributed by atoms with Crippen molar-refractivity contribution < 1.29 is 26.4 Å². The number of likely N-dealkylation sites (N-methyl/N-ethyl adjacent to an activating group) is 1. The molecule has 2 aromatic rings. The van der Waals surface area contributed by atoms with Crippen LogP contribution in [0.25, 0.3) is 0 Å². The summed E-state index contributed by atoms with van der Waals surface area (Å²) in [5.74, 6) is -0.551. The van der Waals surface area contributed by atoms with Crippen LogP contribution in [0.2, 0.25) is 0 Å². The minimum absolute atomic E-state index is 0.524. The third kappa shape index (κ3) is 4.83. The number of carbonyl (C=O) groups is 1. The monoisotopic (exact) mass is 386 g/mol. The average molecular weight is 386 g/mol. The molecule has 2 rings (SSSR count). The molecule has 0 spiro atoms. The summed E-state index contributed by atoms with van der Waals surface area (Å²) in [7, 11) is -2.78. The molecular weight excluding hydrogens is 369 g/mol. The predicted molar refractivity (Wildman–Crippen MR) is 91.2 cm³/mol. The second-order valence-electron chi connectivity index (χ2n) is 5.64. The molecule has 0 unspecified atom stereocenters. The van der Waals surface area contributed by atoms with Crippen LogP contribution in [0.5, 0.6) is 0 Å². The van der Waals surface area contributed by atoms with E-state index >= 15 is 0 Å². The molecule has 9 heteroatoms. The van der Waals surface area contributed by atoms with Crippen LogP contribution >= 0.6 is 0 Å². The molecule has 0 atom stereocenters. The number of alkyl halides is 3. The minimum Gasteiger partial charge on any atom is -0.314 e. The van der Waals surface area contributed by atoms with Gasteiger partial charge in [-0.15, -0.1) is 0 Å². The normalized spacial score (nSPS) is 12.0. The minimum atomic E-state index is -4.66. The van der Waals surface area contributed by atoms with E-state index in [1.807, 2.05) is 11.6 Å². The zero-order valence-electron chi connectivity index (χ0n) is 14.0. The van der Waals surface area contributed by atoms with Crippen LogP contribution in [0.1, 0.15) is 11.1 Å². The Kier molecular flexibility index (Phi) is 5.72. The van der Waals surface area contributed by atoms with E-state index in [1.54, 1.807) is 24.3 Å². The molecule has 0 saturated carbocycles. The zero-order chi connectivity index (χ0) is 19.5. The van der Waals surface area contributed by atoms with Crippen molar-refractivity contribution in [3.63, 3.8) is 0 Å². The van der Waals surface area contributed by atoms with Gasteiger partial charge in [0.1, 0.15) is 0 Å². The lowest BCUT2D eigenvalue weighted by Gasteiger charge is -2.18. The first-order valence-corrected chi connectivity index (χ1v) is 8.99. The van der Waals surface area contributed by atoms with Crippen LogP contribution < -0.4 is 9.62 Å². The van der Waals surface area contributed by atoms with Crippen molar-refractivity contribution in [2.75, 3.05) is 18.5 Å². The molecule has 0 aliphatic heterocycles. The maximum Gasteiger partial charge on any atom is 0.416 e. The number of benzene rings is 2. The van der Waals surface area contributed by atoms with Gasteiger partial charge in [0.25, 0.3) is 0 Å². The number of carbonyl (C=O) groups excluding carboxylic acids is 1. The molecule has 1 N–H and O–H groups in total. The van der Waals surface area contributed by atoms with E-state index in [4.69, 9.17) is 0 Å². The van der Waals surface area contributed by atoms with Crippen LogP contribution in [-0.2, 0) is 21.0 Å². The summed E-state index contributed by atoms with van der Waals surface area (Å²) in [5, 5.41) is 0. The fourth-order valence-corrected chi connectivity index (χ4v) is 3.13. The fourth-order valence-electron chi connectivity index (χ4n) is 2.11. The van der Waals surface area contributed by atoms with E-state index in [-0.39, 0.29) is 0 Å². The Morgan fingerprint density at radius 1 is 1.12 bits per heavy atom. The molecular formula is C17H17F3N2O3S. The quantitative estimate of drug-likeness (QED) is 0.859. The van der Waals surface area contributed by atoms with E-state index in [0.717, 1.165) is 23.8 Å². The molecule has 26 heavy (non-hydrogen) atoms. The molecule has 0 bridgehead atoms. The summed E-state index contributed by atoms with van der Waals surface area (Å²) in [5.41, 5.74) is 0.488. The summed E-state index contributed by atoms with van der Waals surface area (Å²) >= 11 is 0. The van der Waals surface area contributed by atoms with Gasteiger partial charge in [-0.3, -0.25) is 4.79 Å². The van der Waals surface area contributed by atoms with Gasteiger partial charge < -0.3 is 4.90 Å². The zero-order valence-corrected chi connectivity index (χ0v) is 14.9. The van der Waals surface area contributed by atoms with Gasteiger partial charge in [-0.1, -0.05) is 23.8 Å². The van der Waals surface area contributed by atoms with Crippen LogP contribution in [0.4, 0.5) is 18.9 Å². The third-order valence-electron chi connectivity index (χ3n) is 3.68. The first kappa shape index (κ1) is 19.9. The van der Waals surface area contributed by atoms with Gasteiger partial charge in [0.2, 0.25) is 15.9 Å². The van der Waals surface area contributed by atoms with Crippen molar-refractivity contribution in [3.05, 3.63) is 59.7 Å². The number of nitrogens with zero attached hydrogens (tertiary/aromatic N) is 1. The first-order chi connectivity index (χ1) is 12.0. The van der Waals surface area contributed by atoms with Crippen molar-refractivity contribution in [1.29, 1.82) is 0 Å². The van der Waals surface area contributed by atoms with E-state index in [0.29, 0.717) is 11.8 Å². The smallest absolute Gasteiger partial charge is 0.314 e. The standard InChI is InChI=1S/C17H17F3N2O3S/c1-12-6-8-14(9-7-12)22(2)16(23)11-21-26(24,25)15-5-3-4-13(10-15)17(18,19)20/h3-10,21H,11H2,1-2H3. The van der Waals surface area contributed by atoms with Gasteiger partial charge in [0.15, 0.2) is 0 Å². The van der Waals surface area contributed by atoms with E-state index in [1.165, 1.54) is 11.9 Å². The fraction of sp³-hybridized carbons (Fsp3) is 0.235. The SMILES string of the molecule is Cc1ccc(N(C)C(=O)CNS(=O)(=O)c2cccc(C(F)(F)F)c2)cc1. The number of aryl methyl sites for hydroxylation is 1. The van der Waals surface area contributed by atoms with Crippen molar-refractivity contribution >= 4 is 21.6 Å². The second kappa shape index (κ2) is 7.46. The van der Waals surface area contributed by atoms with E-state index in [9.17, 15) is 26.4 Å². The second-order valence-corrected chi connectivity index (χ2v) is 7.41. The Morgan fingerprint density at radius 3 is 2.31 bits per heavy atom.